The third-order valence-corrected chi connectivity index (χ3v) is 6.98. The molecular weight excluding hydrogens is 500 g/mol. The van der Waals surface area contributed by atoms with Gasteiger partial charge in [0, 0.05) is 26.7 Å². The van der Waals surface area contributed by atoms with Gasteiger partial charge in [0.2, 0.25) is 0 Å². The van der Waals surface area contributed by atoms with E-state index in [1.165, 1.54) is 16.8 Å². The van der Waals surface area contributed by atoms with Crippen molar-refractivity contribution in [3.8, 4) is 0 Å². The normalized spacial score (nSPS) is 17.8. The molecule has 2 aliphatic heterocycles. The van der Waals surface area contributed by atoms with Crippen molar-refractivity contribution >= 4 is 23.8 Å². The van der Waals surface area contributed by atoms with Crippen molar-refractivity contribution in [2.45, 2.75) is 38.0 Å². The number of likely N-dealkylation sites (N-methyl/N-ethyl adjacent to an activating group) is 1. The SMILES string of the molecule is CN(CC(=O)[C@H](Cc1ccccc1)NC(=O)N1CCOCC1)C(=O)N1CCC[C@H]1C(=O)OCc1ccccc1. The van der Waals surface area contributed by atoms with E-state index >= 15 is 0 Å². The Balaban J connectivity index is 1.37. The Morgan fingerprint density at radius 1 is 0.974 bits per heavy atom. The fraction of sp³-hybridized carbons (Fsp3) is 0.448. The number of benzene rings is 2. The summed E-state index contributed by atoms with van der Waals surface area (Å²) >= 11 is 0. The summed E-state index contributed by atoms with van der Waals surface area (Å²) < 4.78 is 10.8. The minimum atomic E-state index is -0.816. The summed E-state index contributed by atoms with van der Waals surface area (Å²) in [6.45, 7) is 2.14. The molecule has 2 aromatic carbocycles. The third-order valence-electron chi connectivity index (χ3n) is 6.98. The Labute approximate surface area is 228 Å². The number of amides is 4. The summed E-state index contributed by atoms with van der Waals surface area (Å²) in [5.74, 6) is -0.747. The van der Waals surface area contributed by atoms with Crippen LogP contribution in [-0.4, -0.2) is 97.0 Å². The van der Waals surface area contributed by atoms with Crippen molar-refractivity contribution in [1.82, 2.24) is 20.0 Å². The molecule has 2 aliphatic rings. The Morgan fingerprint density at radius 3 is 2.28 bits per heavy atom. The van der Waals surface area contributed by atoms with Gasteiger partial charge >= 0.3 is 18.0 Å². The zero-order valence-corrected chi connectivity index (χ0v) is 22.3. The van der Waals surface area contributed by atoms with Crippen molar-refractivity contribution in [2.75, 3.05) is 46.4 Å². The highest BCUT2D eigenvalue weighted by atomic mass is 16.5. The summed E-state index contributed by atoms with van der Waals surface area (Å²) in [5, 5.41) is 2.86. The highest BCUT2D eigenvalue weighted by Gasteiger charge is 2.37. The number of nitrogens with one attached hydrogen (secondary N) is 1. The van der Waals surface area contributed by atoms with E-state index in [9.17, 15) is 19.2 Å². The molecule has 0 spiro atoms. The lowest BCUT2D eigenvalue weighted by Gasteiger charge is -2.31. The van der Waals surface area contributed by atoms with Crippen LogP contribution >= 0.6 is 0 Å². The number of ketones is 1. The van der Waals surface area contributed by atoms with Gasteiger partial charge in [0.15, 0.2) is 5.78 Å². The number of ether oxygens (including phenoxy) is 2. The zero-order valence-electron chi connectivity index (χ0n) is 22.3. The van der Waals surface area contributed by atoms with E-state index in [0.29, 0.717) is 52.1 Å². The van der Waals surface area contributed by atoms with Gasteiger partial charge in [-0.3, -0.25) is 4.79 Å². The first-order chi connectivity index (χ1) is 18.9. The maximum Gasteiger partial charge on any atom is 0.329 e. The van der Waals surface area contributed by atoms with Crippen LogP contribution in [-0.2, 0) is 32.1 Å². The first-order valence-corrected chi connectivity index (χ1v) is 13.3. The van der Waals surface area contributed by atoms with Gasteiger partial charge in [-0.05, 0) is 30.4 Å². The second-order valence-electron chi connectivity index (χ2n) is 9.84. The van der Waals surface area contributed by atoms with Crippen LogP contribution in [0.1, 0.15) is 24.0 Å². The zero-order chi connectivity index (χ0) is 27.6. The molecule has 2 saturated heterocycles. The number of carbonyl (C=O) groups is 4. The number of likely N-dealkylation sites (tertiary alicyclic amines) is 1. The van der Waals surface area contributed by atoms with Gasteiger partial charge in [0.25, 0.3) is 0 Å². The molecule has 0 bridgehead atoms. The number of morpholine rings is 1. The smallest absolute Gasteiger partial charge is 0.329 e. The van der Waals surface area contributed by atoms with Gasteiger partial charge in [-0.25, -0.2) is 14.4 Å². The quantitative estimate of drug-likeness (QED) is 0.494. The molecule has 2 heterocycles. The molecule has 10 nitrogen and oxygen atoms in total. The van der Waals surface area contributed by atoms with Gasteiger partial charge in [0.1, 0.15) is 12.6 Å². The lowest BCUT2D eigenvalue weighted by atomic mass is 10.0. The van der Waals surface area contributed by atoms with E-state index in [-0.39, 0.29) is 25.0 Å². The fourth-order valence-corrected chi connectivity index (χ4v) is 4.80. The van der Waals surface area contributed by atoms with E-state index in [1.54, 1.807) is 4.90 Å². The molecule has 2 atom stereocenters. The van der Waals surface area contributed by atoms with Gasteiger partial charge < -0.3 is 29.5 Å². The fourth-order valence-electron chi connectivity index (χ4n) is 4.80. The highest BCUT2D eigenvalue weighted by Crippen LogP contribution is 2.21. The average Bonchev–Trinajstić information content (AvgIpc) is 3.47. The molecule has 39 heavy (non-hydrogen) atoms. The Morgan fingerprint density at radius 2 is 1.62 bits per heavy atom. The molecule has 2 fully saturated rings. The maximum absolute atomic E-state index is 13.4. The predicted molar refractivity (Wildman–Crippen MR) is 144 cm³/mol. The minimum absolute atomic E-state index is 0.135. The molecule has 0 unspecified atom stereocenters. The van der Waals surface area contributed by atoms with Gasteiger partial charge in [0.05, 0.1) is 25.8 Å². The molecule has 10 heteroatoms. The molecule has 0 aromatic heterocycles. The molecule has 0 saturated carbocycles. The van der Waals surface area contributed by atoms with Crippen molar-refractivity contribution in [3.05, 3.63) is 71.8 Å². The molecule has 0 aliphatic carbocycles. The molecule has 4 amide bonds. The number of carbonyl (C=O) groups excluding carboxylic acids is 4. The van der Waals surface area contributed by atoms with Crippen LogP contribution in [0.5, 0.6) is 0 Å². The molecule has 1 N–H and O–H groups in total. The van der Waals surface area contributed by atoms with E-state index in [0.717, 1.165) is 11.1 Å². The number of rotatable bonds is 9. The highest BCUT2D eigenvalue weighted by molar-refractivity contribution is 5.93. The average molecular weight is 537 g/mol. The number of Topliss-reactive ketones (excluding diaryl/α,β-unsaturated/α-hetero) is 1. The first kappa shape index (κ1) is 28.1. The topological polar surface area (TPSA) is 108 Å². The minimum Gasteiger partial charge on any atom is -0.459 e. The van der Waals surface area contributed by atoms with Crippen LogP contribution in [0.2, 0.25) is 0 Å². The van der Waals surface area contributed by atoms with Crippen molar-refractivity contribution in [1.29, 1.82) is 0 Å². The number of urea groups is 2. The van der Waals surface area contributed by atoms with E-state index in [4.69, 9.17) is 9.47 Å². The van der Waals surface area contributed by atoms with E-state index in [1.807, 2.05) is 60.7 Å². The second-order valence-corrected chi connectivity index (χ2v) is 9.84. The molecule has 2 aromatic rings. The summed E-state index contributed by atoms with van der Waals surface area (Å²) in [6.07, 6.45) is 1.48. The molecule has 0 radical (unpaired) electrons. The van der Waals surface area contributed by atoms with Crippen LogP contribution in [0.4, 0.5) is 9.59 Å². The standard InChI is InChI=1S/C29H36N4O6/c1-31(29(37)33-14-8-13-25(33)27(35)39-21-23-11-6-3-7-12-23)20-26(34)24(19-22-9-4-2-5-10-22)30-28(36)32-15-17-38-18-16-32/h2-7,9-12,24-25H,8,13-21H2,1H3,(H,30,36)/t24-,25-/m0/s1. The van der Waals surface area contributed by atoms with Crippen LogP contribution in [0, 0.1) is 0 Å². The summed E-state index contributed by atoms with van der Waals surface area (Å²) in [4.78, 5) is 56.8. The number of nitrogens with zero attached hydrogens (tertiary/aromatic N) is 3. The molecular formula is C29H36N4O6. The number of hydrogen-bond donors (Lipinski definition) is 1. The molecule has 208 valence electrons. The van der Waals surface area contributed by atoms with Crippen LogP contribution in [0.15, 0.2) is 60.7 Å². The van der Waals surface area contributed by atoms with E-state index in [2.05, 4.69) is 5.32 Å². The molecule has 4 rings (SSSR count). The second kappa shape index (κ2) is 13.7. The first-order valence-electron chi connectivity index (χ1n) is 13.3. The van der Waals surface area contributed by atoms with E-state index < -0.39 is 24.1 Å². The maximum atomic E-state index is 13.4. The lowest BCUT2D eigenvalue weighted by molar-refractivity contribution is -0.149. The number of esters is 1. The largest absolute Gasteiger partial charge is 0.459 e. The van der Waals surface area contributed by atoms with Gasteiger partial charge in [-0.2, -0.15) is 0 Å². The Kier molecular flexibility index (Phi) is 9.91. The number of hydrogen-bond acceptors (Lipinski definition) is 6. The van der Waals surface area contributed by atoms with Crippen molar-refractivity contribution < 1.29 is 28.7 Å². The predicted octanol–water partition coefficient (Wildman–Crippen LogP) is 2.47. The van der Waals surface area contributed by atoms with Crippen LogP contribution in [0.25, 0.3) is 0 Å². The van der Waals surface area contributed by atoms with Crippen LogP contribution < -0.4 is 5.32 Å². The van der Waals surface area contributed by atoms with Crippen LogP contribution in [0.3, 0.4) is 0 Å². The Bertz CT molecular complexity index is 1120. The van der Waals surface area contributed by atoms with Gasteiger partial charge in [-0.15, -0.1) is 0 Å². The monoisotopic (exact) mass is 536 g/mol. The summed E-state index contributed by atoms with van der Waals surface area (Å²) in [5.41, 5.74) is 1.76. The van der Waals surface area contributed by atoms with Crippen molar-refractivity contribution in [2.24, 2.45) is 0 Å². The Hall–Kier alpha value is -3.92. The summed E-state index contributed by atoms with van der Waals surface area (Å²) in [7, 11) is 1.54. The van der Waals surface area contributed by atoms with Gasteiger partial charge in [-0.1, -0.05) is 60.7 Å². The lowest BCUT2D eigenvalue weighted by Crippen LogP contribution is -2.54. The summed E-state index contributed by atoms with van der Waals surface area (Å²) in [6, 6.07) is 16.5. The third kappa shape index (κ3) is 7.79. The van der Waals surface area contributed by atoms with Crippen molar-refractivity contribution in [3.63, 3.8) is 0 Å².